The zero-order valence-electron chi connectivity index (χ0n) is 11.1. The Hall–Kier alpha value is -1.88. The summed E-state index contributed by atoms with van der Waals surface area (Å²) in [5.41, 5.74) is 7.52. The second-order valence-electron chi connectivity index (χ2n) is 4.38. The molecular weight excluding hydrogens is 258 g/mol. The zero-order chi connectivity index (χ0) is 13.8. The second-order valence-corrected chi connectivity index (χ2v) is 4.82. The van der Waals surface area contributed by atoms with Gasteiger partial charge >= 0.3 is 0 Å². The Kier molecular flexibility index (Phi) is 4.16. The van der Waals surface area contributed by atoms with Gasteiger partial charge in [0.1, 0.15) is 10.7 Å². The molecule has 1 aromatic heterocycles. The molecule has 2 N–H and O–H groups in total. The van der Waals surface area contributed by atoms with Crippen LogP contribution < -0.4 is 10.5 Å². The third-order valence-electron chi connectivity index (χ3n) is 2.76. The first-order valence-corrected chi connectivity index (χ1v) is 6.61. The molecule has 5 heteroatoms. The van der Waals surface area contributed by atoms with Crippen LogP contribution in [0.2, 0.25) is 0 Å². The Bertz CT molecular complexity index is 592. The van der Waals surface area contributed by atoms with Crippen LogP contribution in [0.3, 0.4) is 0 Å². The van der Waals surface area contributed by atoms with Crippen molar-refractivity contribution in [2.45, 2.75) is 26.8 Å². The number of aromatic nitrogens is 2. The van der Waals surface area contributed by atoms with E-state index in [1.165, 1.54) is 0 Å². The monoisotopic (exact) mass is 275 g/mol. The van der Waals surface area contributed by atoms with Crippen LogP contribution in [0.1, 0.15) is 24.5 Å². The fourth-order valence-electron chi connectivity index (χ4n) is 1.86. The van der Waals surface area contributed by atoms with Crippen molar-refractivity contribution in [2.75, 3.05) is 0 Å². The molecule has 19 heavy (non-hydrogen) atoms. The number of rotatable bonds is 5. The highest BCUT2D eigenvalue weighted by atomic mass is 32.1. The minimum absolute atomic E-state index is 0.403. The lowest BCUT2D eigenvalue weighted by Crippen LogP contribution is -2.10. The molecule has 0 saturated carbocycles. The number of nitrogens with zero attached hydrogens (tertiary/aromatic N) is 2. The number of hydrogen-bond acceptors (Lipinski definition) is 3. The van der Waals surface area contributed by atoms with Gasteiger partial charge in [-0.3, -0.25) is 4.68 Å². The van der Waals surface area contributed by atoms with E-state index in [1.807, 2.05) is 36.0 Å². The third kappa shape index (κ3) is 3.32. The number of nitrogens with two attached hydrogens (primary N) is 1. The fraction of sp³-hybridized carbons (Fsp3) is 0.286. The first-order chi connectivity index (χ1) is 9.10. The van der Waals surface area contributed by atoms with Crippen LogP contribution in [0, 0.1) is 6.92 Å². The average molecular weight is 275 g/mol. The van der Waals surface area contributed by atoms with Gasteiger partial charge in [0, 0.05) is 12.1 Å². The summed E-state index contributed by atoms with van der Waals surface area (Å²) in [7, 11) is 0. The molecule has 4 nitrogen and oxygen atoms in total. The van der Waals surface area contributed by atoms with Crippen molar-refractivity contribution in [3.63, 3.8) is 0 Å². The molecule has 100 valence electrons. The molecular formula is C14H17N3OS. The fourth-order valence-corrected chi connectivity index (χ4v) is 2.09. The third-order valence-corrected chi connectivity index (χ3v) is 2.98. The lowest BCUT2D eigenvalue weighted by atomic mass is 10.1. The number of aryl methyl sites for hydroxylation is 2. The standard InChI is InChI=1S/C14H17N3OS/c1-3-6-17-9-12(8-16-17)18-11-4-5-13(14(15)19)10(2)7-11/h4-5,7-9H,3,6H2,1-2H3,(H2,15,19). The van der Waals surface area contributed by atoms with Gasteiger partial charge in [-0.1, -0.05) is 19.1 Å². The van der Waals surface area contributed by atoms with Crippen LogP contribution in [0.4, 0.5) is 0 Å². The first kappa shape index (κ1) is 13.5. The van der Waals surface area contributed by atoms with Crippen molar-refractivity contribution >= 4 is 17.2 Å². The summed E-state index contributed by atoms with van der Waals surface area (Å²) in [5, 5.41) is 4.22. The molecule has 0 radical (unpaired) electrons. The molecule has 0 atom stereocenters. The van der Waals surface area contributed by atoms with Crippen molar-refractivity contribution in [2.24, 2.45) is 5.73 Å². The normalized spacial score (nSPS) is 10.4. The molecule has 0 saturated heterocycles. The van der Waals surface area contributed by atoms with Crippen LogP contribution in [-0.2, 0) is 6.54 Å². The lowest BCUT2D eigenvalue weighted by molar-refractivity contribution is 0.480. The van der Waals surface area contributed by atoms with Gasteiger partial charge < -0.3 is 10.5 Å². The van der Waals surface area contributed by atoms with E-state index in [9.17, 15) is 0 Å². The molecule has 0 aliphatic rings. The topological polar surface area (TPSA) is 53.1 Å². The molecule has 0 amide bonds. The Labute approximate surface area is 118 Å². The van der Waals surface area contributed by atoms with Gasteiger partial charge in [0.25, 0.3) is 0 Å². The minimum Gasteiger partial charge on any atom is -0.454 e. The zero-order valence-corrected chi connectivity index (χ0v) is 11.9. The van der Waals surface area contributed by atoms with Gasteiger partial charge in [-0.25, -0.2) is 0 Å². The van der Waals surface area contributed by atoms with Gasteiger partial charge in [0.05, 0.1) is 12.4 Å². The highest BCUT2D eigenvalue weighted by Gasteiger charge is 2.05. The molecule has 0 unspecified atom stereocenters. The van der Waals surface area contributed by atoms with Crippen molar-refractivity contribution in [3.8, 4) is 11.5 Å². The molecule has 0 aliphatic carbocycles. The quantitative estimate of drug-likeness (QED) is 0.852. The maximum absolute atomic E-state index is 5.75. The van der Waals surface area contributed by atoms with E-state index in [1.54, 1.807) is 6.20 Å². The van der Waals surface area contributed by atoms with E-state index in [4.69, 9.17) is 22.7 Å². The van der Waals surface area contributed by atoms with E-state index in [0.717, 1.165) is 35.6 Å². The highest BCUT2D eigenvalue weighted by Crippen LogP contribution is 2.23. The summed E-state index contributed by atoms with van der Waals surface area (Å²) in [5.74, 6) is 1.49. The van der Waals surface area contributed by atoms with E-state index in [2.05, 4.69) is 12.0 Å². The highest BCUT2D eigenvalue weighted by molar-refractivity contribution is 7.80. The molecule has 2 aromatic rings. The number of hydrogen-bond donors (Lipinski definition) is 1. The molecule has 1 heterocycles. The maximum atomic E-state index is 5.75. The van der Waals surface area contributed by atoms with Gasteiger partial charge in [-0.05, 0) is 37.1 Å². The van der Waals surface area contributed by atoms with Crippen LogP contribution in [-0.4, -0.2) is 14.8 Å². The summed E-state index contributed by atoms with van der Waals surface area (Å²) in [6.07, 6.45) is 4.65. The minimum atomic E-state index is 0.403. The summed E-state index contributed by atoms with van der Waals surface area (Å²) in [4.78, 5) is 0.403. The van der Waals surface area contributed by atoms with Crippen LogP contribution in [0.5, 0.6) is 11.5 Å². The van der Waals surface area contributed by atoms with Gasteiger partial charge in [0.2, 0.25) is 0 Å². The number of benzene rings is 1. The Morgan fingerprint density at radius 3 is 2.84 bits per heavy atom. The van der Waals surface area contributed by atoms with Crippen molar-refractivity contribution in [3.05, 3.63) is 41.7 Å². The van der Waals surface area contributed by atoms with Crippen molar-refractivity contribution in [1.82, 2.24) is 9.78 Å². The SMILES string of the molecule is CCCn1cc(Oc2ccc(C(N)=S)c(C)c2)cn1. The average Bonchev–Trinajstić information content (AvgIpc) is 2.76. The van der Waals surface area contributed by atoms with Crippen molar-refractivity contribution in [1.29, 1.82) is 0 Å². The van der Waals surface area contributed by atoms with E-state index in [-0.39, 0.29) is 0 Å². The molecule has 0 fully saturated rings. The van der Waals surface area contributed by atoms with Gasteiger partial charge in [0.15, 0.2) is 5.75 Å². The predicted octanol–water partition coefficient (Wildman–Crippen LogP) is 3.03. The molecule has 0 spiro atoms. The summed E-state index contributed by atoms with van der Waals surface area (Å²) < 4.78 is 7.62. The predicted molar refractivity (Wildman–Crippen MR) is 79.7 cm³/mol. The number of thiocarbonyl (C=S) groups is 1. The number of ether oxygens (including phenoxy) is 1. The molecule has 2 rings (SSSR count). The molecule has 1 aromatic carbocycles. The summed E-state index contributed by atoms with van der Waals surface area (Å²) in [6, 6.07) is 5.66. The largest absolute Gasteiger partial charge is 0.454 e. The summed E-state index contributed by atoms with van der Waals surface area (Å²) >= 11 is 4.98. The maximum Gasteiger partial charge on any atom is 0.165 e. The summed E-state index contributed by atoms with van der Waals surface area (Å²) in [6.45, 7) is 4.96. The molecule has 0 aliphatic heterocycles. The van der Waals surface area contributed by atoms with Crippen LogP contribution in [0.25, 0.3) is 0 Å². The van der Waals surface area contributed by atoms with Gasteiger partial charge in [-0.15, -0.1) is 0 Å². The Morgan fingerprint density at radius 2 is 2.21 bits per heavy atom. The van der Waals surface area contributed by atoms with Gasteiger partial charge in [-0.2, -0.15) is 5.10 Å². The van der Waals surface area contributed by atoms with E-state index >= 15 is 0 Å². The second kappa shape index (κ2) is 5.84. The van der Waals surface area contributed by atoms with Crippen molar-refractivity contribution < 1.29 is 4.74 Å². The Balaban J connectivity index is 2.14. The Morgan fingerprint density at radius 1 is 1.42 bits per heavy atom. The van der Waals surface area contributed by atoms with Crippen LogP contribution in [0.15, 0.2) is 30.6 Å². The van der Waals surface area contributed by atoms with E-state index in [0.29, 0.717) is 4.99 Å². The smallest absolute Gasteiger partial charge is 0.165 e. The lowest BCUT2D eigenvalue weighted by Gasteiger charge is -2.07. The van der Waals surface area contributed by atoms with E-state index < -0.39 is 0 Å². The first-order valence-electron chi connectivity index (χ1n) is 6.21. The van der Waals surface area contributed by atoms with Crippen LogP contribution >= 0.6 is 12.2 Å². The molecule has 0 bridgehead atoms.